The maximum Gasteiger partial charge on any atom is 0.224 e. The smallest absolute Gasteiger partial charge is 0.224 e. The van der Waals surface area contributed by atoms with E-state index in [1.807, 2.05) is 29.3 Å². The van der Waals surface area contributed by atoms with Crippen LogP contribution in [0.4, 0.5) is 5.82 Å². The molecule has 2 aliphatic rings. The Morgan fingerprint density at radius 3 is 2.56 bits per heavy atom. The maximum absolute atomic E-state index is 12.6. The third-order valence-electron chi connectivity index (χ3n) is 6.59. The lowest BCUT2D eigenvalue weighted by Gasteiger charge is -2.35. The molecule has 8 nitrogen and oxygen atoms in total. The van der Waals surface area contributed by atoms with E-state index in [1.165, 1.54) is 25.7 Å². The summed E-state index contributed by atoms with van der Waals surface area (Å²) < 4.78 is 5.32. The lowest BCUT2D eigenvalue weighted by Crippen LogP contribution is -2.50. The van der Waals surface area contributed by atoms with Crippen molar-refractivity contribution in [3.8, 4) is 0 Å². The Morgan fingerprint density at radius 2 is 1.94 bits per heavy atom. The number of ether oxygens (including phenoxy) is 1. The van der Waals surface area contributed by atoms with Crippen LogP contribution in [0.25, 0.3) is 0 Å². The van der Waals surface area contributed by atoms with Crippen LogP contribution in [0.5, 0.6) is 0 Å². The van der Waals surface area contributed by atoms with Gasteiger partial charge in [-0.05, 0) is 36.8 Å². The van der Waals surface area contributed by atoms with E-state index in [0.29, 0.717) is 18.4 Å². The number of nitrogens with zero attached hydrogens (tertiary/aromatic N) is 4. The Labute approximate surface area is 209 Å². The molecule has 0 radical (unpaired) electrons. The standard InChI is InChI=1S/C23H38N6O2.HI/c1-24-22(27-19-23(11-18-31-2)9-4-5-10-23)26-13-8-21(30)29-16-14-28(15-17-29)20-7-3-6-12-25-20;/h3,6-7,12H,4-5,8-11,13-19H2,1-2H3,(H2,24,26,27);1H. The molecule has 1 saturated carbocycles. The summed E-state index contributed by atoms with van der Waals surface area (Å²) in [5.74, 6) is 1.95. The van der Waals surface area contributed by atoms with Gasteiger partial charge in [0.1, 0.15) is 5.82 Å². The number of methoxy groups -OCH3 is 1. The number of nitrogens with one attached hydrogen (secondary N) is 2. The molecule has 1 aromatic rings. The van der Waals surface area contributed by atoms with Gasteiger partial charge in [0.25, 0.3) is 0 Å². The second-order valence-corrected chi connectivity index (χ2v) is 8.61. The molecule has 2 N–H and O–H groups in total. The van der Waals surface area contributed by atoms with Crippen LogP contribution >= 0.6 is 24.0 Å². The largest absolute Gasteiger partial charge is 0.385 e. The number of hydrogen-bond donors (Lipinski definition) is 2. The summed E-state index contributed by atoms with van der Waals surface area (Å²) >= 11 is 0. The summed E-state index contributed by atoms with van der Waals surface area (Å²) in [6.07, 6.45) is 8.42. The van der Waals surface area contributed by atoms with Crippen molar-refractivity contribution in [3.63, 3.8) is 0 Å². The summed E-state index contributed by atoms with van der Waals surface area (Å²) in [6, 6.07) is 5.94. The van der Waals surface area contributed by atoms with E-state index >= 15 is 0 Å². The minimum atomic E-state index is 0. The van der Waals surface area contributed by atoms with E-state index in [9.17, 15) is 4.79 Å². The first-order valence-corrected chi connectivity index (χ1v) is 11.5. The normalized spacial score (nSPS) is 18.2. The van der Waals surface area contributed by atoms with Gasteiger partial charge in [-0.15, -0.1) is 24.0 Å². The predicted octanol–water partition coefficient (Wildman–Crippen LogP) is 2.50. The van der Waals surface area contributed by atoms with Crippen molar-refractivity contribution in [3.05, 3.63) is 24.4 Å². The number of guanidine groups is 1. The van der Waals surface area contributed by atoms with Crippen molar-refractivity contribution < 1.29 is 9.53 Å². The number of carbonyl (C=O) groups excluding carboxylic acids is 1. The third-order valence-corrected chi connectivity index (χ3v) is 6.59. The van der Waals surface area contributed by atoms with Gasteiger partial charge in [-0.3, -0.25) is 9.79 Å². The SMILES string of the molecule is CN=C(NCCC(=O)N1CCN(c2ccccn2)CC1)NCC1(CCOC)CCCC1.I. The molecule has 0 atom stereocenters. The highest BCUT2D eigenvalue weighted by Gasteiger charge is 2.33. The first-order valence-electron chi connectivity index (χ1n) is 11.5. The van der Waals surface area contributed by atoms with Crippen LogP contribution in [0, 0.1) is 5.41 Å². The van der Waals surface area contributed by atoms with Crippen LogP contribution in [0.2, 0.25) is 0 Å². The molecule has 0 aromatic carbocycles. The molecule has 9 heteroatoms. The Bertz CT molecular complexity index is 704. The molecular formula is C23H39IN6O2. The van der Waals surface area contributed by atoms with E-state index in [1.54, 1.807) is 14.2 Å². The summed E-state index contributed by atoms with van der Waals surface area (Å²) in [5.41, 5.74) is 0.302. The van der Waals surface area contributed by atoms with Crippen molar-refractivity contribution in [2.75, 3.05) is 64.9 Å². The Hall–Kier alpha value is -1.62. The van der Waals surface area contributed by atoms with Crippen LogP contribution in [-0.4, -0.2) is 81.8 Å². The topological polar surface area (TPSA) is 82.1 Å². The molecular weight excluding hydrogens is 519 g/mol. The van der Waals surface area contributed by atoms with Gasteiger partial charge >= 0.3 is 0 Å². The molecule has 180 valence electrons. The van der Waals surface area contributed by atoms with Gasteiger partial charge in [-0.25, -0.2) is 4.98 Å². The molecule has 1 aliphatic carbocycles. The van der Waals surface area contributed by atoms with Crippen molar-refractivity contribution in [2.24, 2.45) is 10.4 Å². The number of aromatic nitrogens is 1. The highest BCUT2D eigenvalue weighted by atomic mass is 127. The van der Waals surface area contributed by atoms with E-state index in [2.05, 4.69) is 25.5 Å². The van der Waals surface area contributed by atoms with Crippen molar-refractivity contribution in [1.29, 1.82) is 0 Å². The zero-order chi connectivity index (χ0) is 21.9. The van der Waals surface area contributed by atoms with E-state index in [4.69, 9.17) is 4.74 Å². The minimum absolute atomic E-state index is 0. The number of pyridine rings is 1. The van der Waals surface area contributed by atoms with Crippen molar-refractivity contribution >= 4 is 41.7 Å². The number of aliphatic imine (C=N–C) groups is 1. The quantitative estimate of drug-likeness (QED) is 0.276. The average Bonchev–Trinajstić information content (AvgIpc) is 3.29. The number of carbonyl (C=O) groups is 1. The molecule has 1 aliphatic heterocycles. The molecule has 2 fully saturated rings. The highest BCUT2D eigenvalue weighted by Crippen LogP contribution is 2.40. The molecule has 0 spiro atoms. The Kier molecular flexibility index (Phi) is 11.5. The number of rotatable bonds is 9. The minimum Gasteiger partial charge on any atom is -0.385 e. The molecule has 1 aromatic heterocycles. The molecule has 0 unspecified atom stereocenters. The molecule has 2 heterocycles. The predicted molar refractivity (Wildman–Crippen MR) is 140 cm³/mol. The number of amides is 1. The summed E-state index contributed by atoms with van der Waals surface area (Å²) in [7, 11) is 3.55. The fourth-order valence-corrected chi connectivity index (χ4v) is 4.62. The van der Waals surface area contributed by atoms with Crippen LogP contribution in [0.15, 0.2) is 29.4 Å². The molecule has 0 bridgehead atoms. The third kappa shape index (κ3) is 7.75. The summed E-state index contributed by atoms with van der Waals surface area (Å²) in [5, 5.41) is 6.79. The molecule has 1 amide bonds. The van der Waals surface area contributed by atoms with Crippen LogP contribution in [0.3, 0.4) is 0 Å². The average molecular weight is 559 g/mol. The van der Waals surface area contributed by atoms with Gasteiger partial charge in [0.2, 0.25) is 5.91 Å². The molecule has 3 rings (SSSR count). The molecule has 32 heavy (non-hydrogen) atoms. The first-order chi connectivity index (χ1) is 15.2. The maximum atomic E-state index is 12.6. The number of piperazine rings is 1. The highest BCUT2D eigenvalue weighted by molar-refractivity contribution is 14.0. The monoisotopic (exact) mass is 558 g/mol. The van der Waals surface area contributed by atoms with Gasteiger partial charge in [0.15, 0.2) is 5.96 Å². The van der Waals surface area contributed by atoms with E-state index in [-0.39, 0.29) is 29.9 Å². The fourth-order valence-electron chi connectivity index (χ4n) is 4.62. The van der Waals surface area contributed by atoms with Gasteiger partial charge in [0.05, 0.1) is 0 Å². The van der Waals surface area contributed by atoms with Crippen LogP contribution < -0.4 is 15.5 Å². The zero-order valence-electron chi connectivity index (χ0n) is 19.5. The lowest BCUT2D eigenvalue weighted by molar-refractivity contribution is -0.131. The van der Waals surface area contributed by atoms with Gasteiger partial charge in [0, 0.05) is 72.7 Å². The molecule has 1 saturated heterocycles. The van der Waals surface area contributed by atoms with Gasteiger partial charge in [-0.2, -0.15) is 0 Å². The Balaban J connectivity index is 0.00000363. The van der Waals surface area contributed by atoms with Crippen molar-refractivity contribution in [2.45, 2.75) is 38.5 Å². The van der Waals surface area contributed by atoms with Gasteiger partial charge < -0.3 is 25.2 Å². The second kappa shape index (κ2) is 13.8. The fraction of sp³-hybridized carbons (Fsp3) is 0.696. The van der Waals surface area contributed by atoms with E-state index < -0.39 is 0 Å². The Morgan fingerprint density at radius 1 is 1.19 bits per heavy atom. The zero-order valence-corrected chi connectivity index (χ0v) is 21.8. The number of anilines is 1. The van der Waals surface area contributed by atoms with E-state index in [0.717, 1.165) is 57.5 Å². The van der Waals surface area contributed by atoms with Gasteiger partial charge in [-0.1, -0.05) is 18.9 Å². The van der Waals surface area contributed by atoms with Crippen molar-refractivity contribution in [1.82, 2.24) is 20.5 Å². The number of halogens is 1. The first kappa shape index (κ1) is 26.6. The van der Waals surface area contributed by atoms with Crippen LogP contribution in [0.1, 0.15) is 38.5 Å². The van der Waals surface area contributed by atoms with Crippen LogP contribution in [-0.2, 0) is 9.53 Å². The number of hydrogen-bond acceptors (Lipinski definition) is 5. The second-order valence-electron chi connectivity index (χ2n) is 8.61. The summed E-state index contributed by atoms with van der Waals surface area (Å²) in [6.45, 7) is 5.42. The lowest BCUT2D eigenvalue weighted by atomic mass is 9.83. The summed E-state index contributed by atoms with van der Waals surface area (Å²) in [4.78, 5) is 25.6.